The summed E-state index contributed by atoms with van der Waals surface area (Å²) in [7, 11) is 5.13. The molecule has 1 aromatic heterocycles. The van der Waals surface area contributed by atoms with Crippen LogP contribution in [-0.2, 0) is 18.3 Å². The van der Waals surface area contributed by atoms with E-state index < -0.39 is 0 Å². The van der Waals surface area contributed by atoms with Crippen LogP contribution in [0.3, 0.4) is 0 Å². The third-order valence-electron chi connectivity index (χ3n) is 5.19. The molecule has 0 saturated carbocycles. The van der Waals surface area contributed by atoms with Gasteiger partial charge in [0, 0.05) is 39.4 Å². The zero-order valence-corrected chi connectivity index (χ0v) is 18.8. The summed E-state index contributed by atoms with van der Waals surface area (Å²) >= 11 is 0. The minimum atomic E-state index is 0.0511. The van der Waals surface area contributed by atoms with E-state index in [1.54, 1.807) is 30.0 Å². The summed E-state index contributed by atoms with van der Waals surface area (Å²) in [6.07, 6.45) is 5.37. The Kier molecular flexibility index (Phi) is 7.75. The molecule has 1 saturated heterocycles. The van der Waals surface area contributed by atoms with E-state index in [4.69, 9.17) is 14.5 Å². The number of carbonyl (C=O) groups is 1. The first-order valence-electron chi connectivity index (χ1n) is 10.6. The van der Waals surface area contributed by atoms with Crippen LogP contribution < -0.4 is 19.7 Å². The molecule has 0 atom stereocenters. The number of methoxy groups -OCH3 is 2. The Morgan fingerprint density at radius 2 is 2.03 bits per heavy atom. The number of nitrogens with zero attached hydrogens (tertiary/aromatic N) is 5. The molecule has 9 heteroatoms. The number of nitrogens with one attached hydrogen (secondary N) is 1. The van der Waals surface area contributed by atoms with Crippen LogP contribution in [0.1, 0.15) is 18.9 Å². The molecule has 0 radical (unpaired) electrons. The second kappa shape index (κ2) is 10.7. The van der Waals surface area contributed by atoms with Crippen LogP contribution in [0.5, 0.6) is 11.5 Å². The highest BCUT2D eigenvalue weighted by molar-refractivity contribution is 5.98. The van der Waals surface area contributed by atoms with Crippen molar-refractivity contribution in [1.82, 2.24) is 20.0 Å². The van der Waals surface area contributed by atoms with Crippen molar-refractivity contribution in [2.75, 3.05) is 51.8 Å². The van der Waals surface area contributed by atoms with Gasteiger partial charge < -0.3 is 24.6 Å². The van der Waals surface area contributed by atoms with Gasteiger partial charge in [-0.05, 0) is 37.5 Å². The van der Waals surface area contributed by atoms with E-state index >= 15 is 0 Å². The second-order valence-corrected chi connectivity index (χ2v) is 7.37. The summed E-state index contributed by atoms with van der Waals surface area (Å²) in [6.45, 7) is 5.10. The molecule has 2 heterocycles. The smallest absolute Gasteiger partial charge is 0.246 e. The maximum absolute atomic E-state index is 12.7. The number of piperazine rings is 1. The number of aryl methyl sites for hydroxylation is 2. The topological polar surface area (TPSA) is 84.2 Å². The molecule has 1 aromatic carbocycles. The molecule has 1 N–H and O–H groups in total. The van der Waals surface area contributed by atoms with Gasteiger partial charge in [0.1, 0.15) is 6.54 Å². The van der Waals surface area contributed by atoms with Crippen molar-refractivity contribution in [1.29, 1.82) is 0 Å². The molecule has 3 rings (SSSR count). The van der Waals surface area contributed by atoms with E-state index in [2.05, 4.69) is 10.4 Å². The van der Waals surface area contributed by atoms with E-state index in [9.17, 15) is 4.79 Å². The van der Waals surface area contributed by atoms with Crippen LogP contribution in [0.4, 0.5) is 5.69 Å². The molecule has 2 aromatic rings. The van der Waals surface area contributed by atoms with Gasteiger partial charge in [0.05, 0.1) is 26.1 Å². The Labute approximate surface area is 183 Å². The zero-order chi connectivity index (χ0) is 22.2. The van der Waals surface area contributed by atoms with Gasteiger partial charge in [0.25, 0.3) is 0 Å². The number of rotatable bonds is 8. The van der Waals surface area contributed by atoms with Gasteiger partial charge in [-0.1, -0.05) is 6.07 Å². The average Bonchev–Trinajstić information content (AvgIpc) is 3.21. The number of anilines is 1. The molecule has 1 aliphatic rings. The second-order valence-electron chi connectivity index (χ2n) is 7.37. The van der Waals surface area contributed by atoms with E-state index in [0.29, 0.717) is 19.6 Å². The van der Waals surface area contributed by atoms with Crippen molar-refractivity contribution < 1.29 is 14.3 Å². The van der Waals surface area contributed by atoms with Crippen molar-refractivity contribution >= 4 is 17.6 Å². The Bertz CT molecular complexity index is 910. The summed E-state index contributed by atoms with van der Waals surface area (Å²) in [4.78, 5) is 21.3. The normalized spacial score (nSPS) is 14.7. The first kappa shape index (κ1) is 22.5. The Morgan fingerprint density at radius 3 is 2.68 bits per heavy atom. The number of benzene rings is 1. The first-order valence-corrected chi connectivity index (χ1v) is 10.6. The van der Waals surface area contributed by atoms with E-state index in [1.807, 2.05) is 43.3 Å². The number of guanidine groups is 1. The molecule has 0 unspecified atom stereocenters. The quantitative estimate of drug-likeness (QED) is 0.391. The zero-order valence-electron chi connectivity index (χ0n) is 18.8. The van der Waals surface area contributed by atoms with Gasteiger partial charge in [0.2, 0.25) is 5.91 Å². The minimum Gasteiger partial charge on any atom is -0.493 e. The molecule has 31 heavy (non-hydrogen) atoms. The molecule has 168 valence electrons. The van der Waals surface area contributed by atoms with Gasteiger partial charge in [0.15, 0.2) is 17.5 Å². The lowest BCUT2D eigenvalue weighted by Gasteiger charge is -2.35. The van der Waals surface area contributed by atoms with Crippen LogP contribution in [0.15, 0.2) is 35.6 Å². The molecule has 9 nitrogen and oxygen atoms in total. The van der Waals surface area contributed by atoms with Crippen molar-refractivity contribution in [2.45, 2.75) is 19.8 Å². The van der Waals surface area contributed by atoms with Crippen molar-refractivity contribution in [3.05, 3.63) is 36.2 Å². The van der Waals surface area contributed by atoms with Gasteiger partial charge in [-0.15, -0.1) is 0 Å². The first-order chi connectivity index (χ1) is 15.0. The van der Waals surface area contributed by atoms with E-state index in [-0.39, 0.29) is 5.91 Å². The van der Waals surface area contributed by atoms with Crippen LogP contribution in [0.2, 0.25) is 0 Å². The maximum Gasteiger partial charge on any atom is 0.246 e. The van der Waals surface area contributed by atoms with Crippen LogP contribution >= 0.6 is 0 Å². The van der Waals surface area contributed by atoms with Gasteiger partial charge in [-0.3, -0.25) is 14.5 Å². The number of ether oxygens (including phenoxy) is 2. The van der Waals surface area contributed by atoms with Crippen molar-refractivity contribution in [3.63, 3.8) is 0 Å². The fourth-order valence-corrected chi connectivity index (χ4v) is 3.60. The number of hydrogen-bond acceptors (Lipinski definition) is 5. The Hall–Kier alpha value is -3.23. The predicted molar refractivity (Wildman–Crippen MR) is 121 cm³/mol. The highest BCUT2D eigenvalue weighted by atomic mass is 16.5. The monoisotopic (exact) mass is 428 g/mol. The summed E-state index contributed by atoms with van der Waals surface area (Å²) in [5, 5.41) is 7.48. The lowest BCUT2D eigenvalue weighted by molar-refractivity contribution is -0.120. The number of hydrogen-bond donors (Lipinski definition) is 1. The molecule has 0 bridgehead atoms. The number of aliphatic imine (C=N–C) groups is 1. The average molecular weight is 429 g/mol. The predicted octanol–water partition coefficient (Wildman–Crippen LogP) is 1.68. The molecule has 0 spiro atoms. The summed E-state index contributed by atoms with van der Waals surface area (Å²) < 4.78 is 12.4. The number of amides is 1. The molecule has 1 aliphatic heterocycles. The van der Waals surface area contributed by atoms with E-state index in [1.165, 1.54) is 5.56 Å². The maximum atomic E-state index is 12.7. The number of carbonyl (C=O) groups excluding carboxylic acids is 1. The highest BCUT2D eigenvalue weighted by Gasteiger charge is 2.27. The van der Waals surface area contributed by atoms with Gasteiger partial charge in [-0.25, -0.2) is 0 Å². The third-order valence-corrected chi connectivity index (χ3v) is 5.19. The van der Waals surface area contributed by atoms with Crippen LogP contribution in [0.25, 0.3) is 0 Å². The SMILES string of the molecule is CCNC(=NCCCc1ccc(OC)c(OC)c1)N1CCN(c2cnn(C)c2)C(=O)C1. The summed E-state index contributed by atoms with van der Waals surface area (Å²) in [5.74, 6) is 2.31. The molecule has 0 aliphatic carbocycles. The lowest BCUT2D eigenvalue weighted by Crippen LogP contribution is -2.55. The molecule has 1 amide bonds. The summed E-state index contributed by atoms with van der Waals surface area (Å²) in [6, 6.07) is 5.98. The Balaban J connectivity index is 1.56. The largest absolute Gasteiger partial charge is 0.493 e. The Morgan fingerprint density at radius 1 is 1.23 bits per heavy atom. The lowest BCUT2D eigenvalue weighted by atomic mass is 10.1. The van der Waals surface area contributed by atoms with E-state index in [0.717, 1.165) is 49.1 Å². The van der Waals surface area contributed by atoms with Gasteiger partial charge in [-0.2, -0.15) is 5.10 Å². The highest BCUT2D eigenvalue weighted by Crippen LogP contribution is 2.28. The van der Waals surface area contributed by atoms with Crippen molar-refractivity contribution in [3.8, 4) is 11.5 Å². The van der Waals surface area contributed by atoms with Gasteiger partial charge >= 0.3 is 0 Å². The van der Waals surface area contributed by atoms with Crippen LogP contribution in [0, 0.1) is 0 Å². The molecular weight excluding hydrogens is 396 g/mol. The molecule has 1 fully saturated rings. The minimum absolute atomic E-state index is 0.0511. The third kappa shape index (κ3) is 5.68. The molecular formula is C22H32N6O3. The standard InChI is InChI=1S/C22H32N6O3/c1-5-23-22(24-10-6-7-17-8-9-19(30-3)20(13-17)31-4)27-11-12-28(21(29)16-27)18-14-25-26(2)15-18/h8-9,13-15H,5-7,10-12,16H2,1-4H3,(H,23,24). The summed E-state index contributed by atoms with van der Waals surface area (Å²) in [5.41, 5.74) is 2.02. The fourth-order valence-electron chi connectivity index (χ4n) is 3.60. The fraction of sp³-hybridized carbons (Fsp3) is 0.500. The van der Waals surface area contributed by atoms with Crippen LogP contribution in [-0.4, -0.2) is 73.5 Å². The number of aromatic nitrogens is 2. The van der Waals surface area contributed by atoms with Crippen molar-refractivity contribution in [2.24, 2.45) is 12.0 Å².